The second-order valence-electron chi connectivity index (χ2n) is 6.28. The van der Waals surface area contributed by atoms with Crippen molar-refractivity contribution in [1.82, 2.24) is 9.47 Å². The Morgan fingerprint density at radius 3 is 2.33 bits per heavy atom. The summed E-state index contributed by atoms with van der Waals surface area (Å²) in [5.41, 5.74) is 1.78. The summed E-state index contributed by atoms with van der Waals surface area (Å²) in [4.78, 5) is 14.3. The number of benzene rings is 1. The monoisotopic (exact) mass is 328 g/mol. The lowest BCUT2D eigenvalue weighted by molar-refractivity contribution is 0.257. The summed E-state index contributed by atoms with van der Waals surface area (Å²) in [6.45, 7) is 9.14. The molecule has 1 aromatic carbocycles. The quantitative estimate of drug-likeness (QED) is 0.802. The van der Waals surface area contributed by atoms with Crippen LogP contribution < -0.4 is 5.43 Å². The van der Waals surface area contributed by atoms with Crippen LogP contribution in [-0.2, 0) is 6.54 Å². The van der Waals surface area contributed by atoms with Crippen LogP contribution in [0.25, 0.3) is 0 Å². The number of aromatic nitrogens is 1. The van der Waals surface area contributed by atoms with Gasteiger partial charge in [-0.05, 0) is 38.4 Å². The van der Waals surface area contributed by atoms with Gasteiger partial charge in [-0.2, -0.15) is 0 Å². The maximum atomic E-state index is 12.0. The molecule has 0 spiro atoms. The van der Waals surface area contributed by atoms with Crippen LogP contribution in [0, 0.1) is 0 Å². The van der Waals surface area contributed by atoms with E-state index in [0.29, 0.717) is 6.54 Å². The lowest BCUT2D eigenvalue weighted by Gasteiger charge is -2.26. The van der Waals surface area contributed by atoms with Gasteiger partial charge in [0.25, 0.3) is 0 Å². The molecule has 0 radical (unpaired) electrons. The van der Waals surface area contributed by atoms with Crippen LogP contribution >= 0.6 is 0 Å². The first-order chi connectivity index (χ1) is 11.6. The van der Waals surface area contributed by atoms with E-state index in [0.717, 1.165) is 37.2 Å². The molecular weight excluding hydrogens is 300 g/mol. The van der Waals surface area contributed by atoms with Crippen molar-refractivity contribution < 1.29 is 5.11 Å². The van der Waals surface area contributed by atoms with Gasteiger partial charge in [-0.1, -0.05) is 44.2 Å². The van der Waals surface area contributed by atoms with E-state index in [1.54, 1.807) is 12.3 Å². The van der Waals surface area contributed by atoms with Gasteiger partial charge in [0.2, 0.25) is 5.43 Å². The Kier molecular flexibility index (Phi) is 6.62. The summed E-state index contributed by atoms with van der Waals surface area (Å²) >= 11 is 0. The van der Waals surface area contributed by atoms with E-state index in [-0.39, 0.29) is 17.2 Å². The average Bonchev–Trinajstić information content (AvgIpc) is 2.58. The molecule has 0 saturated carbocycles. The molecule has 1 atom stereocenters. The van der Waals surface area contributed by atoms with Crippen molar-refractivity contribution >= 4 is 0 Å². The Labute approximate surface area is 144 Å². The molecule has 4 heteroatoms. The molecule has 130 valence electrons. The maximum absolute atomic E-state index is 12.0. The third kappa shape index (κ3) is 4.48. The molecule has 2 aromatic rings. The molecule has 0 aliphatic carbocycles. The average molecular weight is 328 g/mol. The standard InChI is InChI=1S/C20H28N2O2/c1-4-11-21(12-5-2)14-18-13-19(23)20(24)15-22(18)16(3)17-9-7-6-8-10-17/h6-10,13,15-16,24H,4-5,11-12,14H2,1-3H3. The first-order valence-electron chi connectivity index (χ1n) is 8.78. The van der Waals surface area contributed by atoms with Crippen LogP contribution in [0.3, 0.4) is 0 Å². The summed E-state index contributed by atoms with van der Waals surface area (Å²) in [6, 6.07) is 11.8. The molecule has 0 aliphatic heterocycles. The van der Waals surface area contributed by atoms with Gasteiger partial charge in [0.15, 0.2) is 5.75 Å². The minimum Gasteiger partial charge on any atom is -0.503 e. The first-order valence-corrected chi connectivity index (χ1v) is 8.78. The minimum absolute atomic E-state index is 0.0535. The van der Waals surface area contributed by atoms with Crippen LogP contribution in [0.15, 0.2) is 47.4 Å². The molecule has 0 aliphatic rings. The van der Waals surface area contributed by atoms with Crippen molar-refractivity contribution in [2.45, 2.75) is 46.2 Å². The highest BCUT2D eigenvalue weighted by Gasteiger charge is 2.15. The van der Waals surface area contributed by atoms with Crippen molar-refractivity contribution in [2.75, 3.05) is 13.1 Å². The van der Waals surface area contributed by atoms with E-state index in [2.05, 4.69) is 37.8 Å². The topological polar surface area (TPSA) is 45.5 Å². The fourth-order valence-corrected chi connectivity index (χ4v) is 3.09. The van der Waals surface area contributed by atoms with Crippen molar-refractivity contribution in [3.05, 3.63) is 64.1 Å². The lowest BCUT2D eigenvalue weighted by atomic mass is 10.1. The van der Waals surface area contributed by atoms with Crippen LogP contribution in [0.5, 0.6) is 5.75 Å². The van der Waals surface area contributed by atoms with Gasteiger partial charge in [-0.15, -0.1) is 0 Å². The fraction of sp³-hybridized carbons (Fsp3) is 0.450. The van der Waals surface area contributed by atoms with Crippen molar-refractivity contribution in [3.63, 3.8) is 0 Å². The second kappa shape index (κ2) is 8.69. The minimum atomic E-state index is -0.311. The highest BCUT2D eigenvalue weighted by molar-refractivity contribution is 5.25. The zero-order valence-corrected chi connectivity index (χ0v) is 14.9. The zero-order chi connectivity index (χ0) is 17.5. The van der Waals surface area contributed by atoms with Crippen molar-refractivity contribution in [3.8, 4) is 5.75 Å². The van der Waals surface area contributed by atoms with Gasteiger partial charge in [-0.25, -0.2) is 0 Å². The summed E-state index contributed by atoms with van der Waals surface area (Å²) in [5, 5.41) is 9.91. The number of hydrogen-bond acceptors (Lipinski definition) is 3. The molecule has 0 fully saturated rings. The van der Waals surface area contributed by atoms with Gasteiger partial charge >= 0.3 is 0 Å². The molecule has 24 heavy (non-hydrogen) atoms. The van der Waals surface area contributed by atoms with Gasteiger partial charge in [0, 0.05) is 18.3 Å². The maximum Gasteiger partial charge on any atom is 0.223 e. The normalized spacial score (nSPS) is 12.5. The smallest absolute Gasteiger partial charge is 0.223 e. The molecule has 0 bridgehead atoms. The van der Waals surface area contributed by atoms with E-state index >= 15 is 0 Å². The molecule has 1 aromatic heterocycles. The number of rotatable bonds is 8. The van der Waals surface area contributed by atoms with Crippen molar-refractivity contribution in [2.24, 2.45) is 0 Å². The highest BCUT2D eigenvalue weighted by Crippen LogP contribution is 2.21. The number of hydrogen-bond donors (Lipinski definition) is 1. The largest absolute Gasteiger partial charge is 0.503 e. The van der Waals surface area contributed by atoms with Crippen LogP contribution in [0.2, 0.25) is 0 Å². The van der Waals surface area contributed by atoms with E-state index < -0.39 is 0 Å². The summed E-state index contributed by atoms with van der Waals surface area (Å²) < 4.78 is 2.02. The third-order valence-corrected chi connectivity index (χ3v) is 4.31. The Balaban J connectivity index is 2.39. The Hall–Kier alpha value is -2.07. The molecule has 1 heterocycles. The Bertz CT molecular complexity index is 689. The summed E-state index contributed by atoms with van der Waals surface area (Å²) in [7, 11) is 0. The first kappa shape index (κ1) is 18.3. The van der Waals surface area contributed by atoms with Gasteiger partial charge in [-0.3, -0.25) is 9.69 Å². The molecule has 0 saturated heterocycles. The predicted molar refractivity (Wildman–Crippen MR) is 98.5 cm³/mol. The molecule has 0 amide bonds. The second-order valence-corrected chi connectivity index (χ2v) is 6.28. The summed E-state index contributed by atoms with van der Waals surface area (Å²) in [6.07, 6.45) is 3.73. The summed E-state index contributed by atoms with van der Waals surface area (Å²) in [5.74, 6) is -0.195. The van der Waals surface area contributed by atoms with Crippen molar-refractivity contribution in [1.29, 1.82) is 0 Å². The zero-order valence-electron chi connectivity index (χ0n) is 14.9. The number of pyridine rings is 1. The van der Waals surface area contributed by atoms with E-state index in [1.807, 2.05) is 22.8 Å². The van der Waals surface area contributed by atoms with Crippen LogP contribution in [0.1, 0.15) is 50.9 Å². The van der Waals surface area contributed by atoms with Gasteiger partial charge in [0.05, 0.1) is 12.2 Å². The lowest BCUT2D eigenvalue weighted by Crippen LogP contribution is -2.28. The van der Waals surface area contributed by atoms with E-state index in [9.17, 15) is 9.90 Å². The van der Waals surface area contributed by atoms with Crippen LogP contribution in [0.4, 0.5) is 0 Å². The fourth-order valence-electron chi connectivity index (χ4n) is 3.09. The molecule has 1 N–H and O–H groups in total. The molecular formula is C20H28N2O2. The van der Waals surface area contributed by atoms with Gasteiger partial charge in [0.1, 0.15) is 0 Å². The Morgan fingerprint density at radius 1 is 1.12 bits per heavy atom. The predicted octanol–water partition coefficient (Wildman–Crippen LogP) is 3.79. The molecule has 4 nitrogen and oxygen atoms in total. The third-order valence-electron chi connectivity index (χ3n) is 4.31. The highest BCUT2D eigenvalue weighted by atomic mass is 16.3. The molecule has 2 rings (SSSR count). The number of nitrogens with zero attached hydrogens (tertiary/aromatic N) is 2. The Morgan fingerprint density at radius 2 is 1.75 bits per heavy atom. The van der Waals surface area contributed by atoms with E-state index in [4.69, 9.17) is 0 Å². The SMILES string of the molecule is CCCN(CCC)Cc1cc(=O)c(O)cn1C(C)c1ccccc1. The number of aromatic hydroxyl groups is 1. The van der Waals surface area contributed by atoms with Gasteiger partial charge < -0.3 is 9.67 Å². The van der Waals surface area contributed by atoms with E-state index in [1.165, 1.54) is 0 Å². The molecule has 1 unspecified atom stereocenters. The van der Waals surface area contributed by atoms with Crippen LogP contribution in [-0.4, -0.2) is 27.7 Å².